The average Bonchev–Trinajstić information content (AvgIpc) is 2.49. The van der Waals surface area contributed by atoms with E-state index in [0.29, 0.717) is 13.1 Å². The van der Waals surface area contributed by atoms with Crippen LogP contribution in [0.2, 0.25) is 0 Å². The molecule has 2 N–H and O–H groups in total. The van der Waals surface area contributed by atoms with E-state index in [-0.39, 0.29) is 30.3 Å². The molecule has 1 saturated heterocycles. The molecule has 1 unspecified atom stereocenters. The first-order chi connectivity index (χ1) is 10.1. The molecule has 1 rings (SSSR count). The molecule has 0 aromatic carbocycles. The van der Waals surface area contributed by atoms with Crippen molar-refractivity contribution in [1.82, 2.24) is 10.2 Å². The van der Waals surface area contributed by atoms with Crippen molar-refractivity contribution in [2.75, 3.05) is 26.2 Å². The van der Waals surface area contributed by atoms with Gasteiger partial charge < -0.3 is 15.3 Å². The zero-order valence-electron chi connectivity index (χ0n) is 13.4. The number of likely N-dealkylation sites (tertiary alicyclic amines) is 1. The summed E-state index contributed by atoms with van der Waals surface area (Å²) in [4.78, 5) is 26.0. The number of piperidine rings is 1. The smallest absolute Gasteiger partial charge is 0.225 e. The zero-order valence-corrected chi connectivity index (χ0v) is 13.4. The maximum Gasteiger partial charge on any atom is 0.225 e. The molecule has 1 aliphatic rings. The first-order valence-corrected chi connectivity index (χ1v) is 8.23. The van der Waals surface area contributed by atoms with Gasteiger partial charge in [0, 0.05) is 32.2 Å². The highest BCUT2D eigenvalue weighted by Crippen LogP contribution is 2.18. The molecule has 1 heterocycles. The summed E-state index contributed by atoms with van der Waals surface area (Å²) >= 11 is 0. The zero-order chi connectivity index (χ0) is 15.7. The lowest BCUT2D eigenvalue weighted by Gasteiger charge is -2.33. The number of carbonyl (C=O) groups excluding carboxylic acids is 2. The highest BCUT2D eigenvalue weighted by molar-refractivity contribution is 5.82. The van der Waals surface area contributed by atoms with Gasteiger partial charge in [0.05, 0.1) is 5.92 Å². The van der Waals surface area contributed by atoms with Crippen LogP contribution in [0.5, 0.6) is 0 Å². The van der Waals surface area contributed by atoms with Crippen LogP contribution in [-0.2, 0) is 9.59 Å². The molecule has 5 nitrogen and oxygen atoms in total. The van der Waals surface area contributed by atoms with Gasteiger partial charge in [-0.1, -0.05) is 26.7 Å². The lowest BCUT2D eigenvalue weighted by Crippen LogP contribution is -2.46. The summed E-state index contributed by atoms with van der Waals surface area (Å²) in [6.07, 6.45) is 5.61. The van der Waals surface area contributed by atoms with Crippen LogP contribution in [0.15, 0.2) is 0 Å². The van der Waals surface area contributed by atoms with Gasteiger partial charge in [0.25, 0.3) is 0 Å². The molecule has 1 aliphatic heterocycles. The van der Waals surface area contributed by atoms with Crippen molar-refractivity contribution in [3.05, 3.63) is 0 Å². The van der Waals surface area contributed by atoms with Crippen LogP contribution >= 0.6 is 0 Å². The minimum absolute atomic E-state index is 0.00154. The summed E-state index contributed by atoms with van der Waals surface area (Å²) < 4.78 is 0. The van der Waals surface area contributed by atoms with Crippen molar-refractivity contribution in [3.63, 3.8) is 0 Å². The Morgan fingerprint density at radius 1 is 1.24 bits per heavy atom. The maximum atomic E-state index is 12.1. The molecule has 122 valence electrons. The Bertz CT molecular complexity index is 331. The molecular weight excluding hydrogens is 268 g/mol. The third-order valence-corrected chi connectivity index (χ3v) is 3.98. The largest absolute Gasteiger partial charge is 0.396 e. The van der Waals surface area contributed by atoms with Gasteiger partial charge in [0.2, 0.25) is 11.8 Å². The Morgan fingerprint density at radius 2 is 1.95 bits per heavy atom. The fraction of sp³-hybridized carbons (Fsp3) is 0.875. The van der Waals surface area contributed by atoms with E-state index in [1.807, 2.05) is 18.7 Å². The van der Waals surface area contributed by atoms with E-state index in [2.05, 4.69) is 5.32 Å². The van der Waals surface area contributed by atoms with E-state index in [1.165, 1.54) is 0 Å². The second-order valence-corrected chi connectivity index (χ2v) is 6.21. The number of nitrogens with zero attached hydrogens (tertiary/aromatic N) is 1. The number of hydrogen-bond acceptors (Lipinski definition) is 3. The monoisotopic (exact) mass is 298 g/mol. The summed E-state index contributed by atoms with van der Waals surface area (Å²) in [5.41, 5.74) is 0. The fourth-order valence-corrected chi connectivity index (χ4v) is 2.70. The lowest BCUT2D eigenvalue weighted by atomic mass is 9.96. The summed E-state index contributed by atoms with van der Waals surface area (Å²) in [6, 6.07) is 0. The third kappa shape index (κ3) is 6.46. The van der Waals surface area contributed by atoms with Gasteiger partial charge in [-0.05, 0) is 25.7 Å². The van der Waals surface area contributed by atoms with Gasteiger partial charge >= 0.3 is 0 Å². The maximum absolute atomic E-state index is 12.1. The van der Waals surface area contributed by atoms with Crippen LogP contribution in [0.3, 0.4) is 0 Å². The van der Waals surface area contributed by atoms with Crippen molar-refractivity contribution in [3.8, 4) is 0 Å². The van der Waals surface area contributed by atoms with Crippen LogP contribution in [0.1, 0.15) is 52.4 Å². The number of amides is 2. The molecule has 0 aliphatic carbocycles. The van der Waals surface area contributed by atoms with Crippen LogP contribution in [0.25, 0.3) is 0 Å². The molecule has 0 aromatic heterocycles. The van der Waals surface area contributed by atoms with Gasteiger partial charge in [0.15, 0.2) is 0 Å². The van der Waals surface area contributed by atoms with Gasteiger partial charge in [-0.15, -0.1) is 0 Å². The normalized spacial score (nSPS) is 18.9. The van der Waals surface area contributed by atoms with E-state index in [9.17, 15) is 9.59 Å². The molecule has 1 fully saturated rings. The number of aliphatic hydroxyl groups excluding tert-OH is 1. The quantitative estimate of drug-likeness (QED) is 0.668. The van der Waals surface area contributed by atoms with Gasteiger partial charge in [-0.2, -0.15) is 0 Å². The van der Waals surface area contributed by atoms with Crippen molar-refractivity contribution >= 4 is 11.8 Å². The fourth-order valence-electron chi connectivity index (χ4n) is 2.70. The number of hydrogen-bond donors (Lipinski definition) is 2. The van der Waals surface area contributed by atoms with E-state index >= 15 is 0 Å². The molecular formula is C16H30N2O3. The molecule has 0 bridgehead atoms. The number of unbranched alkanes of at least 4 members (excludes halogenated alkanes) is 3. The first-order valence-electron chi connectivity index (χ1n) is 8.23. The molecule has 2 amide bonds. The summed E-state index contributed by atoms with van der Waals surface area (Å²) in [5.74, 6) is 0.173. The highest BCUT2D eigenvalue weighted by Gasteiger charge is 2.28. The van der Waals surface area contributed by atoms with Gasteiger partial charge in [0.1, 0.15) is 0 Å². The lowest BCUT2D eigenvalue weighted by molar-refractivity contribution is -0.138. The number of carbonyl (C=O) groups is 2. The van der Waals surface area contributed by atoms with Crippen molar-refractivity contribution in [2.24, 2.45) is 11.8 Å². The second kappa shape index (κ2) is 9.77. The molecule has 21 heavy (non-hydrogen) atoms. The number of rotatable bonds is 8. The molecule has 0 radical (unpaired) electrons. The predicted molar refractivity (Wildman–Crippen MR) is 82.7 cm³/mol. The standard InChI is InChI=1S/C16H30N2O3/c1-13(2)16(21)18-10-7-8-14(12-18)15(20)17-9-5-3-4-6-11-19/h13-14,19H,3-12H2,1-2H3,(H,17,20). The molecule has 5 heteroatoms. The Kier molecular flexibility index (Phi) is 8.35. The van der Waals surface area contributed by atoms with Crippen molar-refractivity contribution in [1.29, 1.82) is 0 Å². The molecule has 1 atom stereocenters. The van der Waals surface area contributed by atoms with E-state index < -0.39 is 0 Å². The van der Waals surface area contributed by atoms with Crippen LogP contribution in [0.4, 0.5) is 0 Å². The number of nitrogens with one attached hydrogen (secondary N) is 1. The van der Waals surface area contributed by atoms with Crippen molar-refractivity contribution < 1.29 is 14.7 Å². The summed E-state index contributed by atoms with van der Waals surface area (Å²) in [6.45, 7) is 6.08. The van der Waals surface area contributed by atoms with E-state index in [1.54, 1.807) is 0 Å². The average molecular weight is 298 g/mol. The second-order valence-electron chi connectivity index (χ2n) is 6.21. The Balaban J connectivity index is 2.25. The summed E-state index contributed by atoms with van der Waals surface area (Å²) in [5, 5.41) is 11.7. The van der Waals surface area contributed by atoms with E-state index in [0.717, 1.165) is 45.1 Å². The highest BCUT2D eigenvalue weighted by atomic mass is 16.3. The van der Waals surface area contributed by atoms with E-state index in [4.69, 9.17) is 5.11 Å². The number of aliphatic hydroxyl groups is 1. The Hall–Kier alpha value is -1.10. The van der Waals surface area contributed by atoms with Crippen molar-refractivity contribution in [2.45, 2.75) is 52.4 Å². The SMILES string of the molecule is CC(C)C(=O)N1CCCC(C(=O)NCCCCCCO)C1. The molecule has 0 spiro atoms. The third-order valence-electron chi connectivity index (χ3n) is 3.98. The predicted octanol–water partition coefficient (Wildman–Crippen LogP) is 1.55. The Morgan fingerprint density at radius 3 is 2.62 bits per heavy atom. The minimum atomic E-state index is -0.0566. The van der Waals surface area contributed by atoms with Crippen LogP contribution in [-0.4, -0.2) is 48.1 Å². The Labute approximate surface area is 128 Å². The summed E-state index contributed by atoms with van der Waals surface area (Å²) in [7, 11) is 0. The molecule has 0 aromatic rings. The van der Waals surface area contributed by atoms with Gasteiger partial charge in [-0.3, -0.25) is 9.59 Å². The minimum Gasteiger partial charge on any atom is -0.396 e. The van der Waals surface area contributed by atoms with Gasteiger partial charge in [-0.25, -0.2) is 0 Å². The van der Waals surface area contributed by atoms with Crippen LogP contribution in [0, 0.1) is 11.8 Å². The molecule has 0 saturated carbocycles. The first kappa shape index (κ1) is 18.0. The van der Waals surface area contributed by atoms with Crippen LogP contribution < -0.4 is 5.32 Å². The topological polar surface area (TPSA) is 69.6 Å².